The monoisotopic (exact) mass is 368 g/mol. The van der Waals surface area contributed by atoms with E-state index in [0.29, 0.717) is 22.1 Å². The summed E-state index contributed by atoms with van der Waals surface area (Å²) in [4.78, 5) is 12.3. The lowest BCUT2D eigenvalue weighted by Gasteiger charge is -2.13. The number of carbonyl (C=O) groups excluding carboxylic acids is 1. The van der Waals surface area contributed by atoms with Gasteiger partial charge in [-0.1, -0.05) is 39.7 Å². The first-order valence-corrected chi connectivity index (χ1v) is 7.57. The van der Waals surface area contributed by atoms with Crippen LogP contribution >= 0.6 is 27.5 Å². The Kier molecular flexibility index (Phi) is 5.26. The molecule has 3 nitrogen and oxygen atoms in total. The highest BCUT2D eigenvalue weighted by atomic mass is 79.9. The normalized spacial score (nSPS) is 10.5. The maximum absolute atomic E-state index is 12.3. The highest BCUT2D eigenvalue weighted by Gasteiger charge is 2.16. The zero-order chi connectivity index (χ0) is 15.4. The van der Waals surface area contributed by atoms with Crippen molar-refractivity contribution in [2.24, 2.45) is 0 Å². The average molecular weight is 370 g/mol. The van der Waals surface area contributed by atoms with Crippen molar-refractivity contribution < 1.29 is 14.3 Å². The van der Waals surface area contributed by atoms with Crippen molar-refractivity contribution >= 4 is 33.5 Å². The fourth-order valence-electron chi connectivity index (χ4n) is 1.70. The van der Waals surface area contributed by atoms with Crippen LogP contribution in [0.3, 0.4) is 0 Å². The van der Waals surface area contributed by atoms with E-state index in [2.05, 4.69) is 15.9 Å². The predicted octanol–water partition coefficient (Wildman–Crippen LogP) is 5.11. The first-order valence-electron chi connectivity index (χ1n) is 6.40. The van der Waals surface area contributed by atoms with Gasteiger partial charge in [0.2, 0.25) is 0 Å². The summed E-state index contributed by atoms with van der Waals surface area (Å²) in [7, 11) is 0. The average Bonchev–Trinajstić information content (AvgIpc) is 2.42. The Morgan fingerprint density at radius 1 is 1.14 bits per heavy atom. The lowest BCUT2D eigenvalue weighted by molar-refractivity contribution is 0.0728. The molecule has 2 aromatic carbocycles. The Hall–Kier alpha value is -1.52. The molecule has 0 aliphatic rings. The number of esters is 1. The van der Waals surface area contributed by atoms with Crippen molar-refractivity contribution in [2.45, 2.75) is 20.0 Å². The molecule has 0 aliphatic heterocycles. The minimum Gasteiger partial charge on any atom is -0.490 e. The van der Waals surface area contributed by atoms with Gasteiger partial charge in [-0.05, 0) is 44.2 Å². The standard InChI is InChI=1S/C16H14BrClO3/c1-10(2)20-14-6-4-3-5-12(14)16(19)21-15-8-7-11(17)9-13(15)18/h3-10H,1-2H3. The number of benzene rings is 2. The minimum absolute atomic E-state index is 0.0322. The molecule has 0 bridgehead atoms. The Morgan fingerprint density at radius 2 is 1.86 bits per heavy atom. The summed E-state index contributed by atoms with van der Waals surface area (Å²) in [6.07, 6.45) is -0.0322. The number of carbonyl (C=O) groups is 1. The van der Waals surface area contributed by atoms with Crippen LogP contribution in [0.25, 0.3) is 0 Å². The lowest BCUT2D eigenvalue weighted by atomic mass is 10.2. The highest BCUT2D eigenvalue weighted by Crippen LogP contribution is 2.29. The second-order valence-corrected chi connectivity index (χ2v) is 5.95. The van der Waals surface area contributed by atoms with Gasteiger partial charge >= 0.3 is 5.97 Å². The second-order valence-electron chi connectivity index (χ2n) is 4.63. The first-order chi connectivity index (χ1) is 9.97. The van der Waals surface area contributed by atoms with Crippen LogP contribution in [0.5, 0.6) is 11.5 Å². The lowest BCUT2D eigenvalue weighted by Crippen LogP contribution is -2.13. The number of ether oxygens (including phenoxy) is 2. The fraction of sp³-hybridized carbons (Fsp3) is 0.188. The van der Waals surface area contributed by atoms with E-state index in [4.69, 9.17) is 21.1 Å². The topological polar surface area (TPSA) is 35.5 Å². The molecule has 0 saturated carbocycles. The van der Waals surface area contributed by atoms with E-state index in [1.807, 2.05) is 13.8 Å². The SMILES string of the molecule is CC(C)Oc1ccccc1C(=O)Oc1ccc(Br)cc1Cl. The smallest absolute Gasteiger partial charge is 0.347 e. The molecule has 0 heterocycles. The summed E-state index contributed by atoms with van der Waals surface area (Å²) in [5, 5.41) is 0.361. The molecule has 110 valence electrons. The molecule has 0 aromatic heterocycles. The van der Waals surface area contributed by atoms with E-state index in [9.17, 15) is 4.79 Å². The third-order valence-electron chi connectivity index (χ3n) is 2.57. The van der Waals surface area contributed by atoms with E-state index in [1.54, 1.807) is 42.5 Å². The number of hydrogen-bond donors (Lipinski definition) is 0. The Morgan fingerprint density at radius 3 is 2.52 bits per heavy atom. The quantitative estimate of drug-likeness (QED) is 0.555. The minimum atomic E-state index is -0.504. The van der Waals surface area contributed by atoms with Crippen molar-refractivity contribution in [2.75, 3.05) is 0 Å². The van der Waals surface area contributed by atoms with E-state index in [-0.39, 0.29) is 6.10 Å². The second kappa shape index (κ2) is 6.96. The van der Waals surface area contributed by atoms with Crippen molar-refractivity contribution in [1.29, 1.82) is 0 Å². The van der Waals surface area contributed by atoms with Crippen LogP contribution in [0, 0.1) is 0 Å². The van der Waals surface area contributed by atoms with Crippen LogP contribution in [0.4, 0.5) is 0 Å². The molecule has 0 atom stereocenters. The van der Waals surface area contributed by atoms with Gasteiger partial charge in [0.25, 0.3) is 0 Å². The molecule has 5 heteroatoms. The van der Waals surface area contributed by atoms with E-state index < -0.39 is 5.97 Å². The molecule has 0 radical (unpaired) electrons. The molecule has 21 heavy (non-hydrogen) atoms. The highest BCUT2D eigenvalue weighted by molar-refractivity contribution is 9.10. The predicted molar refractivity (Wildman–Crippen MR) is 86.3 cm³/mol. The van der Waals surface area contributed by atoms with Gasteiger partial charge in [0, 0.05) is 4.47 Å². The summed E-state index contributed by atoms with van der Waals surface area (Å²) in [6.45, 7) is 3.79. The molecule has 0 unspecified atom stereocenters. The van der Waals surface area contributed by atoms with Crippen LogP contribution in [0.2, 0.25) is 5.02 Å². The third-order valence-corrected chi connectivity index (χ3v) is 3.35. The molecule has 0 fully saturated rings. The molecule has 0 saturated heterocycles. The van der Waals surface area contributed by atoms with E-state index >= 15 is 0 Å². The van der Waals surface area contributed by atoms with Gasteiger partial charge in [-0.3, -0.25) is 0 Å². The summed E-state index contributed by atoms with van der Waals surface area (Å²) in [6, 6.07) is 12.0. The molecule has 0 N–H and O–H groups in total. The van der Waals surface area contributed by atoms with E-state index in [1.165, 1.54) is 0 Å². The van der Waals surface area contributed by atoms with Gasteiger partial charge in [0.1, 0.15) is 17.1 Å². The number of para-hydroxylation sites is 1. The largest absolute Gasteiger partial charge is 0.490 e. The van der Waals surface area contributed by atoms with Gasteiger partial charge in [0.15, 0.2) is 0 Å². The van der Waals surface area contributed by atoms with Crippen LogP contribution in [0.1, 0.15) is 24.2 Å². The van der Waals surface area contributed by atoms with Crippen molar-refractivity contribution in [1.82, 2.24) is 0 Å². The van der Waals surface area contributed by atoms with Gasteiger partial charge < -0.3 is 9.47 Å². The summed E-state index contributed by atoms with van der Waals surface area (Å²) in [5.41, 5.74) is 0.366. The van der Waals surface area contributed by atoms with Gasteiger partial charge in [-0.15, -0.1) is 0 Å². The maximum atomic E-state index is 12.3. The maximum Gasteiger partial charge on any atom is 0.347 e. The number of rotatable bonds is 4. The summed E-state index contributed by atoms with van der Waals surface area (Å²) >= 11 is 9.35. The van der Waals surface area contributed by atoms with Crippen molar-refractivity contribution in [3.63, 3.8) is 0 Å². The van der Waals surface area contributed by atoms with E-state index in [0.717, 1.165) is 4.47 Å². The fourth-order valence-corrected chi connectivity index (χ4v) is 2.42. The van der Waals surface area contributed by atoms with Crippen LogP contribution in [-0.4, -0.2) is 12.1 Å². The Labute approximate surface area is 137 Å². The van der Waals surface area contributed by atoms with Crippen LogP contribution in [-0.2, 0) is 0 Å². The van der Waals surface area contributed by atoms with Gasteiger partial charge in [0.05, 0.1) is 11.1 Å². The van der Waals surface area contributed by atoms with Crippen LogP contribution < -0.4 is 9.47 Å². The van der Waals surface area contributed by atoms with Crippen LogP contribution in [0.15, 0.2) is 46.9 Å². The Bertz CT molecular complexity index is 656. The van der Waals surface area contributed by atoms with Crippen molar-refractivity contribution in [3.05, 3.63) is 57.5 Å². The van der Waals surface area contributed by atoms with Crippen molar-refractivity contribution in [3.8, 4) is 11.5 Å². The summed E-state index contributed by atoms with van der Waals surface area (Å²) in [5.74, 6) is 0.297. The molecule has 0 spiro atoms. The molecular weight excluding hydrogens is 356 g/mol. The number of hydrogen-bond acceptors (Lipinski definition) is 3. The zero-order valence-electron chi connectivity index (χ0n) is 11.6. The Balaban J connectivity index is 2.24. The molecular formula is C16H14BrClO3. The third kappa shape index (κ3) is 4.22. The van der Waals surface area contributed by atoms with Gasteiger partial charge in [-0.2, -0.15) is 0 Å². The van der Waals surface area contributed by atoms with Gasteiger partial charge in [-0.25, -0.2) is 4.79 Å². The number of halogens is 2. The first kappa shape index (κ1) is 15.9. The zero-order valence-corrected chi connectivity index (χ0v) is 13.9. The molecule has 2 rings (SSSR count). The molecule has 0 amide bonds. The summed E-state index contributed by atoms with van der Waals surface area (Å²) < 4.78 is 11.8. The molecule has 2 aromatic rings. The molecule has 0 aliphatic carbocycles.